The third-order valence-electron chi connectivity index (χ3n) is 7.44. The lowest BCUT2D eigenvalue weighted by Crippen LogP contribution is -2.47. The van der Waals surface area contributed by atoms with Gasteiger partial charge in [0.15, 0.2) is 11.0 Å². The second-order valence-corrected chi connectivity index (χ2v) is 9.98. The van der Waals surface area contributed by atoms with Crippen LogP contribution in [-0.4, -0.2) is 62.1 Å². The molecular weight excluding hydrogens is 524 g/mol. The standard InChI is InChI=1S/C31H32N4O6/c1-21-28(36)24-10-6-11-25(30(24)41-29(21)22-8-5-9-23(20-22)35(38)39)31(37)32-14-7-15-33-16-18-34(19-17-33)26-12-3-4-13-27(26)40-2/h3-6,8-13,20H,7,14-19H2,1-2H3,(H,32,37). The van der Waals surface area contributed by atoms with Gasteiger partial charge in [-0.1, -0.05) is 30.3 Å². The number of rotatable bonds is 9. The number of piperazine rings is 1. The van der Waals surface area contributed by atoms with Gasteiger partial charge in [0.05, 0.1) is 28.7 Å². The average Bonchev–Trinajstić information content (AvgIpc) is 3.01. The number of anilines is 1. The maximum Gasteiger partial charge on any atom is 0.270 e. The topological polar surface area (TPSA) is 118 Å². The SMILES string of the molecule is COc1ccccc1N1CCN(CCCNC(=O)c2cccc3c(=O)c(C)c(-c4cccc([N+](=O)[O-])c4)oc23)CC1. The van der Waals surface area contributed by atoms with Crippen molar-refractivity contribution in [1.29, 1.82) is 0 Å². The molecule has 4 aromatic rings. The molecule has 0 spiro atoms. The normalized spacial score (nSPS) is 13.8. The number of para-hydroxylation sites is 3. The number of benzene rings is 3. The second-order valence-electron chi connectivity index (χ2n) is 9.98. The van der Waals surface area contributed by atoms with Crippen LogP contribution in [0.3, 0.4) is 0 Å². The van der Waals surface area contributed by atoms with Crippen LogP contribution in [0, 0.1) is 17.0 Å². The Morgan fingerprint density at radius 2 is 1.80 bits per heavy atom. The van der Waals surface area contributed by atoms with Crippen molar-refractivity contribution in [2.24, 2.45) is 0 Å². The first-order chi connectivity index (χ1) is 19.9. The van der Waals surface area contributed by atoms with Gasteiger partial charge in [0.1, 0.15) is 11.5 Å². The van der Waals surface area contributed by atoms with E-state index in [1.165, 1.54) is 18.2 Å². The van der Waals surface area contributed by atoms with Crippen LogP contribution < -0.4 is 20.4 Å². The molecule has 5 rings (SSSR count). The number of nitrogens with zero attached hydrogens (tertiary/aromatic N) is 3. The highest BCUT2D eigenvalue weighted by molar-refractivity contribution is 6.05. The maximum atomic E-state index is 13.2. The fourth-order valence-electron chi connectivity index (χ4n) is 5.23. The number of carbonyl (C=O) groups excluding carboxylic acids is 1. The molecule has 1 aliphatic rings. The molecule has 1 saturated heterocycles. The number of hydrogen-bond acceptors (Lipinski definition) is 8. The Hall–Kier alpha value is -4.70. The summed E-state index contributed by atoms with van der Waals surface area (Å²) in [5, 5.41) is 14.5. The molecule has 0 bridgehead atoms. The minimum absolute atomic E-state index is 0.114. The van der Waals surface area contributed by atoms with Gasteiger partial charge in [0.25, 0.3) is 11.6 Å². The van der Waals surface area contributed by atoms with Gasteiger partial charge in [-0.05, 0) is 44.2 Å². The quantitative estimate of drug-likeness (QED) is 0.180. The van der Waals surface area contributed by atoms with Gasteiger partial charge in [-0.3, -0.25) is 24.6 Å². The van der Waals surface area contributed by atoms with Crippen molar-refractivity contribution in [3.8, 4) is 17.1 Å². The molecule has 1 N–H and O–H groups in total. The predicted octanol–water partition coefficient (Wildman–Crippen LogP) is 4.63. The van der Waals surface area contributed by atoms with Crippen LogP contribution in [0.25, 0.3) is 22.3 Å². The average molecular weight is 557 g/mol. The minimum atomic E-state index is -0.503. The first-order valence-electron chi connectivity index (χ1n) is 13.6. The van der Waals surface area contributed by atoms with Gasteiger partial charge in [0.2, 0.25) is 0 Å². The van der Waals surface area contributed by atoms with Crippen molar-refractivity contribution in [3.05, 3.63) is 98.2 Å². The molecule has 0 saturated carbocycles. The van der Waals surface area contributed by atoms with E-state index in [9.17, 15) is 19.7 Å². The van der Waals surface area contributed by atoms with E-state index in [1.54, 1.807) is 38.3 Å². The maximum absolute atomic E-state index is 13.2. The highest BCUT2D eigenvalue weighted by Gasteiger charge is 2.21. The third-order valence-corrected chi connectivity index (χ3v) is 7.44. The van der Waals surface area contributed by atoms with E-state index in [0.717, 1.165) is 50.6 Å². The Kier molecular flexibility index (Phi) is 8.30. The monoisotopic (exact) mass is 556 g/mol. The lowest BCUT2D eigenvalue weighted by Gasteiger charge is -2.36. The van der Waals surface area contributed by atoms with E-state index in [4.69, 9.17) is 9.15 Å². The van der Waals surface area contributed by atoms with Crippen molar-refractivity contribution in [2.75, 3.05) is 51.3 Å². The number of hydrogen-bond donors (Lipinski definition) is 1. The molecule has 0 atom stereocenters. The number of methoxy groups -OCH3 is 1. The van der Waals surface area contributed by atoms with Crippen molar-refractivity contribution < 1.29 is 18.9 Å². The molecule has 0 aliphatic carbocycles. The van der Waals surface area contributed by atoms with Crippen molar-refractivity contribution >= 4 is 28.3 Å². The van der Waals surface area contributed by atoms with Crippen molar-refractivity contribution in [3.63, 3.8) is 0 Å². The summed E-state index contributed by atoms with van der Waals surface area (Å²) in [6.07, 6.45) is 0.771. The summed E-state index contributed by atoms with van der Waals surface area (Å²) in [5.41, 5.74) is 1.84. The van der Waals surface area contributed by atoms with E-state index in [1.807, 2.05) is 18.2 Å². The zero-order valence-electron chi connectivity index (χ0n) is 23.1. The molecule has 3 aromatic carbocycles. The number of nitrogens with one attached hydrogen (secondary N) is 1. The predicted molar refractivity (Wildman–Crippen MR) is 158 cm³/mol. The summed E-state index contributed by atoms with van der Waals surface area (Å²) < 4.78 is 11.6. The van der Waals surface area contributed by atoms with E-state index in [0.29, 0.717) is 17.7 Å². The molecular formula is C31H32N4O6. The molecule has 0 unspecified atom stereocenters. The first-order valence-corrected chi connectivity index (χ1v) is 13.6. The van der Waals surface area contributed by atoms with Crippen LogP contribution in [0.4, 0.5) is 11.4 Å². The number of fused-ring (bicyclic) bond motifs is 1. The molecule has 1 aromatic heterocycles. The van der Waals surface area contributed by atoms with Crippen LogP contribution in [0.1, 0.15) is 22.3 Å². The summed E-state index contributed by atoms with van der Waals surface area (Å²) in [4.78, 5) is 41.8. The Labute approximate surface area is 237 Å². The van der Waals surface area contributed by atoms with Crippen LogP contribution >= 0.6 is 0 Å². The molecule has 1 amide bonds. The van der Waals surface area contributed by atoms with E-state index in [-0.39, 0.29) is 39.3 Å². The molecule has 0 radical (unpaired) electrons. The zero-order chi connectivity index (χ0) is 28.9. The Bertz CT molecular complexity index is 1640. The molecule has 1 fully saturated rings. The van der Waals surface area contributed by atoms with E-state index in [2.05, 4.69) is 21.2 Å². The van der Waals surface area contributed by atoms with Gasteiger partial charge in [-0.15, -0.1) is 0 Å². The minimum Gasteiger partial charge on any atom is -0.495 e. The number of non-ortho nitro benzene ring substituents is 1. The molecule has 41 heavy (non-hydrogen) atoms. The molecule has 10 nitrogen and oxygen atoms in total. The Morgan fingerprint density at radius 1 is 1.05 bits per heavy atom. The van der Waals surface area contributed by atoms with Crippen molar-refractivity contribution in [1.82, 2.24) is 10.2 Å². The number of ether oxygens (including phenoxy) is 1. The smallest absolute Gasteiger partial charge is 0.270 e. The van der Waals surface area contributed by atoms with Crippen molar-refractivity contribution in [2.45, 2.75) is 13.3 Å². The second kappa shape index (κ2) is 12.2. The summed E-state index contributed by atoms with van der Waals surface area (Å²) in [5.74, 6) is 0.743. The van der Waals surface area contributed by atoms with Gasteiger partial charge in [-0.2, -0.15) is 0 Å². The lowest BCUT2D eigenvalue weighted by atomic mass is 10.0. The van der Waals surface area contributed by atoms with E-state index >= 15 is 0 Å². The van der Waals surface area contributed by atoms with Gasteiger partial charge in [-0.25, -0.2) is 0 Å². The van der Waals surface area contributed by atoms with Crippen LogP contribution in [0.5, 0.6) is 5.75 Å². The number of carbonyl (C=O) groups is 1. The summed E-state index contributed by atoms with van der Waals surface area (Å²) in [7, 11) is 1.69. The first kappa shape index (κ1) is 27.9. The molecule has 2 heterocycles. The molecule has 1 aliphatic heterocycles. The summed E-state index contributed by atoms with van der Waals surface area (Å²) >= 11 is 0. The highest BCUT2D eigenvalue weighted by atomic mass is 16.6. The molecule has 212 valence electrons. The van der Waals surface area contributed by atoms with Crippen LogP contribution in [0.15, 0.2) is 75.9 Å². The van der Waals surface area contributed by atoms with Gasteiger partial charge < -0.3 is 19.4 Å². The fraction of sp³-hybridized carbons (Fsp3) is 0.290. The lowest BCUT2D eigenvalue weighted by molar-refractivity contribution is -0.384. The number of nitro benzene ring substituents is 1. The fourth-order valence-corrected chi connectivity index (χ4v) is 5.23. The van der Waals surface area contributed by atoms with Gasteiger partial charge >= 0.3 is 0 Å². The van der Waals surface area contributed by atoms with Gasteiger partial charge in [0, 0.05) is 56.0 Å². The number of nitro groups is 1. The van der Waals surface area contributed by atoms with E-state index < -0.39 is 4.92 Å². The summed E-state index contributed by atoms with van der Waals surface area (Å²) in [6, 6.07) is 18.8. The zero-order valence-corrected chi connectivity index (χ0v) is 23.1. The number of amides is 1. The Morgan fingerprint density at radius 3 is 2.56 bits per heavy atom. The Balaban J connectivity index is 1.23. The third kappa shape index (κ3) is 5.92. The van der Waals surface area contributed by atoms with Crippen LogP contribution in [0.2, 0.25) is 0 Å². The molecule has 10 heteroatoms. The summed E-state index contributed by atoms with van der Waals surface area (Å²) in [6.45, 7) is 6.56. The largest absolute Gasteiger partial charge is 0.495 e. The van der Waals surface area contributed by atoms with Crippen LogP contribution in [-0.2, 0) is 0 Å². The highest BCUT2D eigenvalue weighted by Crippen LogP contribution is 2.30.